The molecule has 0 atom stereocenters. The fraction of sp³-hybridized carbons (Fsp3) is 0.391. The number of hydrogen-bond donors (Lipinski definition) is 1. The molecule has 0 aliphatic heterocycles. The number of carbonyl (C=O) groups excluding carboxylic acids is 2. The van der Waals surface area contributed by atoms with E-state index >= 15 is 0 Å². The number of nitrogens with one attached hydrogen (secondary N) is 1. The second-order valence-corrected chi connectivity index (χ2v) is 7.31. The molecule has 1 aliphatic rings. The van der Waals surface area contributed by atoms with Gasteiger partial charge in [-0.25, -0.2) is 0 Å². The average Bonchev–Trinajstić information content (AvgIpc) is 2.74. The second-order valence-electron chi connectivity index (χ2n) is 7.31. The van der Waals surface area contributed by atoms with Crippen molar-refractivity contribution in [1.82, 2.24) is 5.32 Å². The quantitative estimate of drug-likeness (QED) is 0.847. The van der Waals surface area contributed by atoms with Gasteiger partial charge in [0.05, 0.1) is 0 Å². The van der Waals surface area contributed by atoms with Crippen LogP contribution in [-0.2, 0) is 16.0 Å². The Morgan fingerprint density at radius 3 is 2.07 bits per heavy atom. The Morgan fingerprint density at radius 2 is 1.44 bits per heavy atom. The number of carbonyl (C=O) groups is 2. The zero-order chi connectivity index (χ0) is 19.1. The minimum absolute atomic E-state index is 0.0172. The van der Waals surface area contributed by atoms with E-state index in [0.717, 1.165) is 37.8 Å². The molecule has 0 unspecified atom stereocenters. The minimum Gasteiger partial charge on any atom is -0.356 e. The molecule has 27 heavy (non-hydrogen) atoms. The molecular formula is C23H28N2O2. The largest absolute Gasteiger partial charge is 0.356 e. The molecule has 1 saturated carbocycles. The molecule has 0 radical (unpaired) electrons. The smallest absolute Gasteiger partial charge is 0.229 e. The summed E-state index contributed by atoms with van der Waals surface area (Å²) in [6.07, 6.45) is 3.99. The van der Waals surface area contributed by atoms with E-state index in [1.807, 2.05) is 55.6 Å². The Balaban J connectivity index is 1.42. The summed E-state index contributed by atoms with van der Waals surface area (Å²) in [5.41, 5.74) is 2.15. The lowest BCUT2D eigenvalue weighted by atomic mass is 9.81. The summed E-state index contributed by atoms with van der Waals surface area (Å²) < 4.78 is 0. The van der Waals surface area contributed by atoms with Gasteiger partial charge in [0.1, 0.15) is 0 Å². The van der Waals surface area contributed by atoms with Crippen molar-refractivity contribution in [3.05, 3.63) is 66.2 Å². The molecule has 142 valence electrons. The molecule has 0 spiro atoms. The average molecular weight is 364 g/mol. The van der Waals surface area contributed by atoms with Crippen molar-refractivity contribution in [2.24, 2.45) is 11.8 Å². The van der Waals surface area contributed by atoms with Gasteiger partial charge in [0.25, 0.3) is 0 Å². The highest BCUT2D eigenvalue weighted by Crippen LogP contribution is 2.31. The van der Waals surface area contributed by atoms with Crippen molar-refractivity contribution in [2.75, 3.05) is 18.5 Å². The van der Waals surface area contributed by atoms with Gasteiger partial charge in [-0.3, -0.25) is 9.59 Å². The molecule has 0 heterocycles. The van der Waals surface area contributed by atoms with Crippen LogP contribution in [0, 0.1) is 11.8 Å². The summed E-state index contributed by atoms with van der Waals surface area (Å²) in [6.45, 7) is 0.665. The van der Waals surface area contributed by atoms with E-state index < -0.39 is 0 Å². The van der Waals surface area contributed by atoms with E-state index in [2.05, 4.69) is 17.4 Å². The van der Waals surface area contributed by atoms with Crippen LogP contribution in [0.15, 0.2) is 60.7 Å². The molecule has 1 aliphatic carbocycles. The summed E-state index contributed by atoms with van der Waals surface area (Å²) in [5, 5.41) is 3.06. The molecular weight excluding hydrogens is 336 g/mol. The van der Waals surface area contributed by atoms with Crippen molar-refractivity contribution in [3.63, 3.8) is 0 Å². The first-order valence-electron chi connectivity index (χ1n) is 9.79. The zero-order valence-electron chi connectivity index (χ0n) is 15.9. The Morgan fingerprint density at radius 1 is 0.889 bits per heavy atom. The van der Waals surface area contributed by atoms with Crippen molar-refractivity contribution in [2.45, 2.75) is 32.1 Å². The molecule has 0 aromatic heterocycles. The maximum Gasteiger partial charge on any atom is 0.229 e. The van der Waals surface area contributed by atoms with E-state index in [-0.39, 0.29) is 23.7 Å². The van der Waals surface area contributed by atoms with Gasteiger partial charge in [-0.1, -0.05) is 48.5 Å². The first-order chi connectivity index (χ1) is 13.1. The predicted octanol–water partition coefficient (Wildman–Crippen LogP) is 3.81. The third-order valence-corrected chi connectivity index (χ3v) is 5.48. The Bertz CT molecular complexity index is 737. The highest BCUT2D eigenvalue weighted by Gasteiger charge is 2.31. The molecule has 3 rings (SSSR count). The third kappa shape index (κ3) is 5.19. The van der Waals surface area contributed by atoms with E-state index in [1.54, 1.807) is 4.90 Å². The van der Waals surface area contributed by atoms with Gasteiger partial charge in [0.2, 0.25) is 11.8 Å². The Labute approximate surface area is 161 Å². The topological polar surface area (TPSA) is 49.4 Å². The fourth-order valence-electron chi connectivity index (χ4n) is 3.77. The van der Waals surface area contributed by atoms with Crippen molar-refractivity contribution >= 4 is 17.5 Å². The molecule has 2 aromatic carbocycles. The molecule has 4 nitrogen and oxygen atoms in total. The second kappa shape index (κ2) is 9.36. The first kappa shape index (κ1) is 19.2. The number of nitrogens with zero attached hydrogens (tertiary/aromatic N) is 1. The molecule has 2 amide bonds. The molecule has 0 saturated heterocycles. The standard InChI is InChI=1S/C23H28N2O2/c1-25(21-10-6-3-7-11-21)23(27)20-14-12-19(13-15-20)22(26)24-17-16-18-8-4-2-5-9-18/h2-11,19-20H,12-17H2,1H3,(H,24,26). The van der Waals surface area contributed by atoms with Crippen LogP contribution < -0.4 is 10.2 Å². The molecule has 2 aromatic rings. The van der Waals surface area contributed by atoms with Crippen LogP contribution in [0.5, 0.6) is 0 Å². The highest BCUT2D eigenvalue weighted by molar-refractivity contribution is 5.94. The molecule has 0 bridgehead atoms. The molecule has 1 fully saturated rings. The van der Waals surface area contributed by atoms with Crippen LogP contribution in [-0.4, -0.2) is 25.4 Å². The van der Waals surface area contributed by atoms with Gasteiger partial charge in [-0.15, -0.1) is 0 Å². The van der Waals surface area contributed by atoms with Crippen LogP contribution in [0.4, 0.5) is 5.69 Å². The summed E-state index contributed by atoms with van der Waals surface area (Å²) >= 11 is 0. The monoisotopic (exact) mass is 364 g/mol. The van der Waals surface area contributed by atoms with Crippen molar-refractivity contribution in [1.29, 1.82) is 0 Å². The summed E-state index contributed by atoms with van der Waals surface area (Å²) in [7, 11) is 1.83. The normalized spacial score (nSPS) is 19.3. The molecule has 4 heteroatoms. The number of hydrogen-bond acceptors (Lipinski definition) is 2. The van der Waals surface area contributed by atoms with Gasteiger partial charge in [0.15, 0.2) is 0 Å². The lowest BCUT2D eigenvalue weighted by Gasteiger charge is -2.30. The van der Waals surface area contributed by atoms with Crippen LogP contribution in [0.25, 0.3) is 0 Å². The number of anilines is 1. The van der Waals surface area contributed by atoms with Gasteiger partial charge >= 0.3 is 0 Å². The first-order valence-corrected chi connectivity index (χ1v) is 9.79. The maximum atomic E-state index is 12.7. The number of amides is 2. The Kier molecular flexibility index (Phi) is 6.64. The van der Waals surface area contributed by atoms with Crippen molar-refractivity contribution in [3.8, 4) is 0 Å². The van der Waals surface area contributed by atoms with Gasteiger partial charge < -0.3 is 10.2 Å². The molecule has 1 N–H and O–H groups in total. The van der Waals surface area contributed by atoms with Crippen LogP contribution in [0.3, 0.4) is 0 Å². The Hall–Kier alpha value is -2.62. The zero-order valence-corrected chi connectivity index (χ0v) is 15.9. The van der Waals surface area contributed by atoms with E-state index in [9.17, 15) is 9.59 Å². The lowest BCUT2D eigenvalue weighted by Crippen LogP contribution is -2.38. The lowest BCUT2D eigenvalue weighted by molar-refractivity contribution is -0.129. The summed E-state index contributed by atoms with van der Waals surface area (Å²) in [6, 6.07) is 19.9. The van der Waals surface area contributed by atoms with Gasteiger partial charge in [-0.2, -0.15) is 0 Å². The van der Waals surface area contributed by atoms with Crippen LogP contribution in [0.2, 0.25) is 0 Å². The van der Waals surface area contributed by atoms with E-state index in [4.69, 9.17) is 0 Å². The maximum absolute atomic E-state index is 12.7. The van der Waals surface area contributed by atoms with Crippen LogP contribution in [0.1, 0.15) is 31.2 Å². The number of benzene rings is 2. The summed E-state index contributed by atoms with van der Waals surface area (Å²) in [4.78, 5) is 26.9. The van der Waals surface area contributed by atoms with E-state index in [0.29, 0.717) is 6.54 Å². The van der Waals surface area contributed by atoms with Crippen molar-refractivity contribution < 1.29 is 9.59 Å². The minimum atomic E-state index is 0.0172. The van der Waals surface area contributed by atoms with Gasteiger partial charge in [-0.05, 0) is 49.8 Å². The summed E-state index contributed by atoms with van der Waals surface area (Å²) in [5.74, 6) is 0.341. The van der Waals surface area contributed by atoms with Crippen LogP contribution >= 0.6 is 0 Å². The number of para-hydroxylation sites is 1. The number of rotatable bonds is 6. The SMILES string of the molecule is CN(C(=O)C1CCC(C(=O)NCCc2ccccc2)CC1)c1ccccc1. The predicted molar refractivity (Wildman–Crippen MR) is 108 cm³/mol. The fourth-order valence-corrected chi connectivity index (χ4v) is 3.77. The van der Waals surface area contributed by atoms with Gasteiger partial charge in [0, 0.05) is 31.1 Å². The third-order valence-electron chi connectivity index (χ3n) is 5.48. The highest BCUT2D eigenvalue weighted by atomic mass is 16.2. The van der Waals surface area contributed by atoms with E-state index in [1.165, 1.54) is 5.56 Å².